The minimum absolute atomic E-state index is 0.0407. The van der Waals surface area contributed by atoms with Crippen LogP contribution >= 0.6 is 11.3 Å². The summed E-state index contributed by atoms with van der Waals surface area (Å²) in [6, 6.07) is 4.50. The number of aromatic nitrogens is 4. The maximum absolute atomic E-state index is 13.2. The van der Waals surface area contributed by atoms with E-state index in [4.69, 9.17) is 4.98 Å². The van der Waals surface area contributed by atoms with Crippen LogP contribution in [-0.2, 0) is 0 Å². The van der Waals surface area contributed by atoms with Gasteiger partial charge in [0.05, 0.1) is 28.0 Å². The Bertz CT molecular complexity index is 1020. The van der Waals surface area contributed by atoms with Crippen molar-refractivity contribution in [2.45, 2.75) is 40.2 Å². The molecule has 4 heterocycles. The summed E-state index contributed by atoms with van der Waals surface area (Å²) in [7, 11) is 0. The predicted octanol–water partition coefficient (Wildman–Crippen LogP) is 3.56. The van der Waals surface area contributed by atoms with Crippen LogP contribution in [0.3, 0.4) is 0 Å². The minimum atomic E-state index is 0.0407. The highest BCUT2D eigenvalue weighted by molar-refractivity contribution is 7.13. The van der Waals surface area contributed by atoms with Crippen molar-refractivity contribution < 1.29 is 4.79 Å². The van der Waals surface area contributed by atoms with E-state index < -0.39 is 0 Å². The maximum Gasteiger partial charge on any atom is 0.257 e. The third-order valence-corrected chi connectivity index (χ3v) is 6.80. The lowest BCUT2D eigenvalue weighted by Gasteiger charge is -2.26. The number of thiophene rings is 1. The summed E-state index contributed by atoms with van der Waals surface area (Å²) in [5.41, 5.74) is 3.31. The maximum atomic E-state index is 13.2. The Balaban J connectivity index is 1.58. The molecule has 1 amide bonds. The molecule has 1 aliphatic heterocycles. The normalized spacial score (nSPS) is 16.6. The van der Waals surface area contributed by atoms with Gasteiger partial charge in [0.2, 0.25) is 0 Å². The number of hydrogen-bond donors (Lipinski definition) is 0. The first-order chi connectivity index (χ1) is 14.5. The van der Waals surface area contributed by atoms with Crippen LogP contribution in [0.25, 0.3) is 16.5 Å². The van der Waals surface area contributed by atoms with Crippen LogP contribution in [0.2, 0.25) is 0 Å². The van der Waals surface area contributed by atoms with E-state index in [1.807, 2.05) is 42.5 Å². The van der Waals surface area contributed by atoms with Crippen molar-refractivity contribution >= 4 is 17.2 Å². The van der Waals surface area contributed by atoms with Gasteiger partial charge in [0.1, 0.15) is 0 Å². The Morgan fingerprint density at radius 2 is 2.07 bits per heavy atom. The highest BCUT2D eigenvalue weighted by atomic mass is 32.1. The number of aryl methyl sites for hydroxylation is 1. The van der Waals surface area contributed by atoms with Gasteiger partial charge < -0.3 is 4.90 Å². The highest BCUT2D eigenvalue weighted by Gasteiger charge is 2.31. The van der Waals surface area contributed by atoms with E-state index in [0.29, 0.717) is 17.6 Å². The molecule has 8 heteroatoms. The van der Waals surface area contributed by atoms with Crippen molar-refractivity contribution in [1.82, 2.24) is 29.5 Å². The standard InChI is InChI=1S/C22H28N6OS/c1-5-26(6-2)17-9-10-27(14-17)21(29)18-13-24-28(16(18)4)22-23-12-15(3)20(25-22)19-8-7-11-30-19/h7-8,11-13,17H,5-6,9-10,14H2,1-4H3/t17-/m1/s1. The quantitative estimate of drug-likeness (QED) is 0.605. The van der Waals surface area contributed by atoms with Gasteiger partial charge in [-0.1, -0.05) is 19.9 Å². The second-order valence-electron chi connectivity index (χ2n) is 7.65. The number of carbonyl (C=O) groups excluding carboxylic acids is 1. The topological polar surface area (TPSA) is 67.2 Å². The van der Waals surface area contributed by atoms with Gasteiger partial charge in [-0.05, 0) is 50.4 Å². The zero-order valence-electron chi connectivity index (χ0n) is 18.0. The molecular weight excluding hydrogens is 396 g/mol. The second-order valence-corrected chi connectivity index (χ2v) is 8.60. The molecule has 0 saturated carbocycles. The van der Waals surface area contributed by atoms with Crippen LogP contribution in [0.4, 0.5) is 0 Å². The SMILES string of the molecule is CCN(CC)[C@@H]1CCN(C(=O)c2cnn(-c3ncc(C)c(-c4cccs4)n3)c2C)C1. The minimum Gasteiger partial charge on any atom is -0.337 e. The molecule has 3 aromatic rings. The molecule has 158 valence electrons. The number of hydrogen-bond acceptors (Lipinski definition) is 6. The van der Waals surface area contributed by atoms with E-state index in [2.05, 4.69) is 28.8 Å². The first-order valence-corrected chi connectivity index (χ1v) is 11.4. The molecule has 0 bridgehead atoms. The van der Waals surface area contributed by atoms with E-state index in [1.54, 1.807) is 22.2 Å². The monoisotopic (exact) mass is 424 g/mol. The summed E-state index contributed by atoms with van der Waals surface area (Å²) in [4.78, 5) is 27.9. The van der Waals surface area contributed by atoms with Crippen LogP contribution in [0, 0.1) is 13.8 Å². The summed E-state index contributed by atoms with van der Waals surface area (Å²) in [6.45, 7) is 11.8. The fourth-order valence-electron chi connectivity index (χ4n) is 4.15. The third kappa shape index (κ3) is 3.77. The Kier molecular flexibility index (Phi) is 5.97. The number of carbonyl (C=O) groups is 1. The molecule has 0 spiro atoms. The van der Waals surface area contributed by atoms with E-state index in [1.165, 1.54) is 0 Å². The first kappa shape index (κ1) is 20.7. The second kappa shape index (κ2) is 8.65. The largest absolute Gasteiger partial charge is 0.337 e. The molecule has 7 nitrogen and oxygen atoms in total. The molecule has 0 N–H and O–H groups in total. The lowest BCUT2D eigenvalue weighted by atomic mass is 10.2. The van der Waals surface area contributed by atoms with Crippen LogP contribution in [0.5, 0.6) is 0 Å². The Morgan fingerprint density at radius 3 is 2.77 bits per heavy atom. The van der Waals surface area contributed by atoms with E-state index in [-0.39, 0.29) is 5.91 Å². The van der Waals surface area contributed by atoms with Crippen molar-refractivity contribution in [3.05, 3.63) is 46.7 Å². The summed E-state index contributed by atoms with van der Waals surface area (Å²) < 4.78 is 1.67. The molecule has 0 aliphatic carbocycles. The Morgan fingerprint density at radius 1 is 1.27 bits per heavy atom. The first-order valence-electron chi connectivity index (χ1n) is 10.5. The lowest BCUT2D eigenvalue weighted by Crippen LogP contribution is -2.38. The zero-order valence-corrected chi connectivity index (χ0v) is 18.8. The van der Waals surface area contributed by atoms with Gasteiger partial charge in [-0.25, -0.2) is 14.6 Å². The fraction of sp³-hybridized carbons (Fsp3) is 0.455. The van der Waals surface area contributed by atoms with Crippen LogP contribution in [-0.4, -0.2) is 67.7 Å². The highest BCUT2D eigenvalue weighted by Crippen LogP contribution is 2.26. The Hall–Kier alpha value is -2.58. The molecule has 1 saturated heterocycles. The molecule has 30 heavy (non-hydrogen) atoms. The van der Waals surface area contributed by atoms with Gasteiger partial charge >= 0.3 is 0 Å². The average Bonchev–Trinajstić information content (AvgIpc) is 3.50. The summed E-state index contributed by atoms with van der Waals surface area (Å²) >= 11 is 1.65. The van der Waals surface area contributed by atoms with Gasteiger partial charge in [-0.15, -0.1) is 11.3 Å². The summed E-state index contributed by atoms with van der Waals surface area (Å²) in [5, 5.41) is 6.49. The molecule has 0 aromatic carbocycles. The smallest absolute Gasteiger partial charge is 0.257 e. The molecule has 3 aromatic heterocycles. The number of nitrogens with zero attached hydrogens (tertiary/aromatic N) is 6. The predicted molar refractivity (Wildman–Crippen MR) is 119 cm³/mol. The van der Waals surface area contributed by atoms with Crippen molar-refractivity contribution in [1.29, 1.82) is 0 Å². The number of likely N-dealkylation sites (N-methyl/N-ethyl adjacent to an activating group) is 1. The zero-order chi connectivity index (χ0) is 21.3. The van der Waals surface area contributed by atoms with Gasteiger partial charge in [-0.3, -0.25) is 9.69 Å². The van der Waals surface area contributed by atoms with Gasteiger partial charge in [0.15, 0.2) is 0 Å². The van der Waals surface area contributed by atoms with Gasteiger partial charge in [0.25, 0.3) is 11.9 Å². The summed E-state index contributed by atoms with van der Waals surface area (Å²) in [5.74, 6) is 0.530. The van der Waals surface area contributed by atoms with E-state index >= 15 is 0 Å². The van der Waals surface area contributed by atoms with Crippen LogP contribution in [0.1, 0.15) is 41.9 Å². The number of likely N-dealkylation sites (tertiary alicyclic amines) is 1. The van der Waals surface area contributed by atoms with Crippen molar-refractivity contribution in [3.63, 3.8) is 0 Å². The average molecular weight is 425 g/mol. The van der Waals surface area contributed by atoms with Crippen LogP contribution in [0.15, 0.2) is 29.9 Å². The fourth-order valence-corrected chi connectivity index (χ4v) is 4.93. The third-order valence-electron chi connectivity index (χ3n) is 5.92. The lowest BCUT2D eigenvalue weighted by molar-refractivity contribution is 0.0777. The molecule has 1 fully saturated rings. The van der Waals surface area contributed by atoms with Crippen LogP contribution < -0.4 is 0 Å². The number of amides is 1. The molecule has 0 radical (unpaired) electrons. The molecular formula is C22H28N6OS. The van der Waals surface area contributed by atoms with Gasteiger partial charge in [0, 0.05) is 25.3 Å². The van der Waals surface area contributed by atoms with Crippen molar-refractivity contribution in [3.8, 4) is 16.5 Å². The van der Waals surface area contributed by atoms with Crippen molar-refractivity contribution in [2.24, 2.45) is 0 Å². The van der Waals surface area contributed by atoms with Gasteiger partial charge in [-0.2, -0.15) is 5.10 Å². The van der Waals surface area contributed by atoms with E-state index in [0.717, 1.165) is 54.4 Å². The summed E-state index contributed by atoms with van der Waals surface area (Å²) in [6.07, 6.45) is 4.48. The van der Waals surface area contributed by atoms with E-state index in [9.17, 15) is 4.79 Å². The van der Waals surface area contributed by atoms with Crippen molar-refractivity contribution in [2.75, 3.05) is 26.2 Å². The molecule has 0 unspecified atom stereocenters. The molecule has 4 rings (SSSR count). The molecule has 1 atom stereocenters. The number of rotatable bonds is 6. The Labute approximate surface area is 181 Å². The molecule has 1 aliphatic rings.